The van der Waals surface area contributed by atoms with Gasteiger partial charge in [0.05, 0.1) is 17.1 Å². The van der Waals surface area contributed by atoms with Crippen molar-refractivity contribution >= 4 is 16.8 Å². The highest BCUT2D eigenvalue weighted by Gasteiger charge is 2.21. The topological polar surface area (TPSA) is 72.4 Å². The smallest absolute Gasteiger partial charge is 0.239 e. The summed E-state index contributed by atoms with van der Waals surface area (Å²) in [6, 6.07) is 5.83. The minimum absolute atomic E-state index is 0.00222. The summed E-state index contributed by atoms with van der Waals surface area (Å²) in [5.41, 5.74) is 2.53. The van der Waals surface area contributed by atoms with Gasteiger partial charge < -0.3 is 4.74 Å². The van der Waals surface area contributed by atoms with Crippen LogP contribution >= 0.6 is 0 Å². The van der Waals surface area contributed by atoms with Crippen molar-refractivity contribution in [3.63, 3.8) is 0 Å². The van der Waals surface area contributed by atoms with E-state index in [9.17, 15) is 12.8 Å². The number of halogens is 1. The molecule has 0 spiro atoms. The molecule has 0 unspecified atom stereocenters. The van der Waals surface area contributed by atoms with E-state index in [1.54, 1.807) is 19.1 Å². The van der Waals surface area contributed by atoms with E-state index in [2.05, 4.69) is 16.5 Å². The van der Waals surface area contributed by atoms with Crippen LogP contribution in [-0.2, 0) is 22.2 Å². The van der Waals surface area contributed by atoms with Crippen molar-refractivity contribution in [2.75, 3.05) is 11.4 Å². The Morgan fingerprint density at radius 1 is 1.27 bits per heavy atom. The average Bonchev–Trinajstić information content (AvgIpc) is 2.59. The highest BCUT2D eigenvalue weighted by Crippen LogP contribution is 2.31. The molecule has 0 aliphatic carbocycles. The van der Waals surface area contributed by atoms with Crippen LogP contribution < -0.4 is 4.31 Å². The van der Waals surface area contributed by atoms with Gasteiger partial charge in [-0.1, -0.05) is 20.4 Å². The van der Waals surface area contributed by atoms with Crippen molar-refractivity contribution < 1.29 is 17.5 Å². The molecule has 1 heterocycles. The third-order valence-electron chi connectivity index (χ3n) is 3.69. The van der Waals surface area contributed by atoms with Gasteiger partial charge in [0.2, 0.25) is 16.8 Å². The number of hydrogen-bond donors (Lipinski definition) is 1. The van der Waals surface area contributed by atoms with E-state index in [0.29, 0.717) is 28.3 Å². The molecule has 2 rings (SSSR count). The predicted octanol–water partition coefficient (Wildman–Crippen LogP) is 3.42. The van der Waals surface area contributed by atoms with Gasteiger partial charge in [0.15, 0.2) is 0 Å². The quantitative estimate of drug-likeness (QED) is 0.589. The van der Waals surface area contributed by atoms with E-state index >= 15 is 0 Å². The monoisotopic (exact) mass is 379 g/mol. The van der Waals surface area contributed by atoms with Crippen LogP contribution in [0.4, 0.5) is 10.3 Å². The van der Waals surface area contributed by atoms with E-state index in [0.717, 1.165) is 4.31 Å². The highest BCUT2D eigenvalue weighted by molar-refractivity contribution is 7.74. The van der Waals surface area contributed by atoms with Crippen LogP contribution in [-0.4, -0.2) is 25.4 Å². The van der Waals surface area contributed by atoms with Gasteiger partial charge in [-0.05, 0) is 37.1 Å². The zero-order valence-electron chi connectivity index (χ0n) is 15.2. The highest BCUT2D eigenvalue weighted by atomic mass is 32.2. The molecule has 2 aromatic rings. The van der Waals surface area contributed by atoms with Gasteiger partial charge in [-0.2, -0.15) is 0 Å². The first-order valence-corrected chi connectivity index (χ1v) is 9.16. The third-order valence-corrected chi connectivity index (χ3v) is 4.36. The van der Waals surface area contributed by atoms with Gasteiger partial charge in [0.25, 0.3) is 0 Å². The van der Waals surface area contributed by atoms with Crippen LogP contribution in [0.1, 0.15) is 37.9 Å². The molecule has 0 bridgehead atoms. The first kappa shape index (κ1) is 19.8. The molecule has 26 heavy (non-hydrogen) atoms. The van der Waals surface area contributed by atoms with E-state index < -0.39 is 10.9 Å². The lowest BCUT2D eigenvalue weighted by atomic mass is 9.99. The molecule has 1 aromatic heterocycles. The minimum atomic E-state index is -2.88. The molecule has 0 aliphatic heterocycles. The normalized spacial score (nSPS) is 11.0. The number of allylic oxidation sites excluding steroid dienone is 1. The molecule has 0 saturated heterocycles. The van der Waals surface area contributed by atoms with E-state index in [4.69, 9.17) is 4.74 Å². The van der Waals surface area contributed by atoms with Crippen LogP contribution in [0.5, 0.6) is 0 Å². The fraction of sp³-hybridized carbons (Fsp3) is 0.333. The largest absolute Gasteiger partial charge is 0.494 e. The molecule has 0 saturated carbocycles. The number of rotatable bonds is 7. The summed E-state index contributed by atoms with van der Waals surface area (Å²) in [6.45, 7) is 9.54. The number of anilines is 1. The van der Waals surface area contributed by atoms with Crippen molar-refractivity contribution in [3.8, 4) is 11.3 Å². The van der Waals surface area contributed by atoms with Gasteiger partial charge in [0.1, 0.15) is 12.4 Å². The van der Waals surface area contributed by atoms with Crippen molar-refractivity contribution in [2.24, 2.45) is 0 Å². The fourth-order valence-electron chi connectivity index (χ4n) is 2.37. The van der Waals surface area contributed by atoms with Crippen molar-refractivity contribution in [1.29, 1.82) is 0 Å². The average molecular weight is 379 g/mol. The summed E-state index contributed by atoms with van der Waals surface area (Å²) in [5, 5.41) is 0. The van der Waals surface area contributed by atoms with Gasteiger partial charge in [-0.25, -0.2) is 27.1 Å². The first-order chi connectivity index (χ1) is 12.2. The van der Waals surface area contributed by atoms with Crippen LogP contribution in [0.3, 0.4) is 0 Å². The number of ether oxygens (including phenoxy) is 1. The summed E-state index contributed by atoms with van der Waals surface area (Å²) in [4.78, 5) is 8.84. The third kappa shape index (κ3) is 4.57. The van der Waals surface area contributed by atoms with Crippen LogP contribution in [0, 0.1) is 5.82 Å². The molecular formula is C18H22FN3O3S. The Labute approximate surface area is 154 Å². The lowest BCUT2D eigenvalue weighted by Crippen LogP contribution is -2.20. The second-order valence-electron chi connectivity index (χ2n) is 6.15. The molecule has 6 nitrogen and oxygen atoms in total. The fourth-order valence-corrected chi connectivity index (χ4v) is 2.60. The molecule has 0 N–H and O–H groups in total. The molecule has 8 heteroatoms. The number of aromatic nitrogens is 2. The number of thiol groups is 1. The maximum absolute atomic E-state index is 13.3. The Morgan fingerprint density at radius 3 is 2.38 bits per heavy atom. The lowest BCUT2D eigenvalue weighted by molar-refractivity contribution is 0.201. The molecule has 0 fully saturated rings. The Hall–Kier alpha value is -2.48. The van der Waals surface area contributed by atoms with Crippen LogP contribution in [0.2, 0.25) is 0 Å². The molecular weight excluding hydrogens is 357 g/mol. The molecule has 0 atom stereocenters. The summed E-state index contributed by atoms with van der Waals surface area (Å²) in [5.74, 6) is 0.223. The van der Waals surface area contributed by atoms with Gasteiger partial charge in [0, 0.05) is 18.2 Å². The Balaban J connectivity index is 2.72. The van der Waals surface area contributed by atoms with Gasteiger partial charge in [-0.15, -0.1) is 0 Å². The summed E-state index contributed by atoms with van der Waals surface area (Å²) < 4.78 is 42.6. The van der Waals surface area contributed by atoms with Crippen LogP contribution in [0.15, 0.2) is 36.6 Å². The Bertz CT molecular complexity index is 872. The van der Waals surface area contributed by atoms with Crippen LogP contribution in [0.25, 0.3) is 11.3 Å². The molecule has 0 amide bonds. The molecule has 0 aliphatic rings. The first-order valence-electron chi connectivity index (χ1n) is 8.03. The van der Waals surface area contributed by atoms with Crippen molar-refractivity contribution in [1.82, 2.24) is 9.97 Å². The standard InChI is InChI=1S/C18H22FN3O3S/c1-11(2)16-15(10-25-12(3)4)17(13-6-8-14(19)9-7-13)21-18(20-16)22(5)26(23)24/h6-9,11,26H,3,10H2,1-2,4-5H3. The molecule has 140 valence electrons. The second kappa shape index (κ2) is 8.27. The Kier molecular flexibility index (Phi) is 6.31. The zero-order valence-corrected chi connectivity index (χ0v) is 16.1. The zero-order chi connectivity index (χ0) is 19.4. The number of benzene rings is 1. The van der Waals surface area contributed by atoms with E-state index in [-0.39, 0.29) is 24.3 Å². The maximum atomic E-state index is 13.3. The van der Waals surface area contributed by atoms with Crippen molar-refractivity contribution in [3.05, 3.63) is 53.7 Å². The maximum Gasteiger partial charge on any atom is 0.239 e. The SMILES string of the molecule is C=C(C)OCc1c(-c2ccc(F)cc2)nc(N(C)[SH](=O)=O)nc1C(C)C. The lowest BCUT2D eigenvalue weighted by Gasteiger charge is -2.20. The van der Waals surface area contributed by atoms with Crippen molar-refractivity contribution in [2.45, 2.75) is 33.3 Å². The predicted molar refractivity (Wildman–Crippen MR) is 99.8 cm³/mol. The van der Waals surface area contributed by atoms with Gasteiger partial charge in [-0.3, -0.25) is 0 Å². The summed E-state index contributed by atoms with van der Waals surface area (Å²) in [6.07, 6.45) is 0. The molecule has 1 aromatic carbocycles. The number of hydrogen-bond acceptors (Lipinski definition) is 5. The number of nitrogens with zero attached hydrogens (tertiary/aromatic N) is 3. The van der Waals surface area contributed by atoms with Gasteiger partial charge >= 0.3 is 0 Å². The minimum Gasteiger partial charge on any atom is -0.494 e. The second-order valence-corrected chi connectivity index (χ2v) is 7.23. The molecule has 0 radical (unpaired) electrons. The summed E-state index contributed by atoms with van der Waals surface area (Å²) >= 11 is 0. The summed E-state index contributed by atoms with van der Waals surface area (Å²) in [7, 11) is -1.50. The Morgan fingerprint density at radius 2 is 1.88 bits per heavy atom. The van der Waals surface area contributed by atoms with E-state index in [1.807, 2.05) is 13.8 Å². The van der Waals surface area contributed by atoms with E-state index in [1.165, 1.54) is 19.2 Å².